The summed E-state index contributed by atoms with van der Waals surface area (Å²) in [4.78, 5) is 39.4. The molecule has 1 aliphatic heterocycles. The van der Waals surface area contributed by atoms with Crippen molar-refractivity contribution in [3.8, 4) is 5.75 Å². The number of nitrogens with one attached hydrogen (secondary N) is 2. The van der Waals surface area contributed by atoms with Crippen LogP contribution < -0.4 is 20.3 Å². The number of benzene rings is 3. The van der Waals surface area contributed by atoms with Crippen LogP contribution in [0.15, 0.2) is 77.5 Å². The van der Waals surface area contributed by atoms with Crippen LogP contribution in [-0.2, 0) is 9.59 Å². The minimum absolute atomic E-state index is 0.0609. The van der Waals surface area contributed by atoms with Gasteiger partial charge in [-0.1, -0.05) is 23.7 Å². The first-order valence-corrected chi connectivity index (χ1v) is 10.8. The molecule has 0 spiro atoms. The van der Waals surface area contributed by atoms with Crippen LogP contribution in [0.4, 0.5) is 17.1 Å². The van der Waals surface area contributed by atoms with Crippen molar-refractivity contribution in [1.29, 1.82) is 0 Å². The van der Waals surface area contributed by atoms with E-state index in [0.717, 1.165) is 16.0 Å². The molecule has 8 heteroatoms. The Morgan fingerprint density at radius 3 is 2.29 bits per heavy atom. The lowest BCUT2D eigenvalue weighted by atomic mass is 10.1. The number of methoxy groups -OCH3 is 1. The van der Waals surface area contributed by atoms with E-state index in [0.29, 0.717) is 28.4 Å². The van der Waals surface area contributed by atoms with Gasteiger partial charge in [-0.05, 0) is 79.6 Å². The Balaban J connectivity index is 1.52. The molecule has 0 aromatic heterocycles. The SMILES string of the molecule is COc1ccc(N2C(=O)C(Cl)=C(Nc3cccc(C(=O)Nc4ccc(C)c(C)c4)c3)C2=O)cc1. The lowest BCUT2D eigenvalue weighted by molar-refractivity contribution is -0.120. The number of amides is 3. The molecule has 0 atom stereocenters. The average Bonchev–Trinajstić information content (AvgIpc) is 3.04. The third kappa shape index (κ3) is 4.51. The van der Waals surface area contributed by atoms with E-state index in [1.165, 1.54) is 7.11 Å². The third-order valence-electron chi connectivity index (χ3n) is 5.52. The molecule has 3 amide bonds. The van der Waals surface area contributed by atoms with Crippen molar-refractivity contribution in [3.05, 3.63) is 94.1 Å². The Hall–Kier alpha value is -4.10. The molecule has 3 aromatic rings. The molecule has 0 radical (unpaired) electrons. The van der Waals surface area contributed by atoms with Crippen LogP contribution in [0.25, 0.3) is 0 Å². The normalized spacial score (nSPS) is 13.4. The summed E-state index contributed by atoms with van der Waals surface area (Å²) in [6.45, 7) is 3.98. The molecule has 0 aliphatic carbocycles. The first-order valence-electron chi connectivity index (χ1n) is 10.5. The third-order valence-corrected chi connectivity index (χ3v) is 5.87. The maximum absolute atomic E-state index is 13.0. The van der Waals surface area contributed by atoms with E-state index in [2.05, 4.69) is 10.6 Å². The molecule has 34 heavy (non-hydrogen) atoms. The molecule has 4 rings (SSSR count). The second-order valence-corrected chi connectivity index (χ2v) is 8.17. The molecule has 3 aromatic carbocycles. The van der Waals surface area contributed by atoms with E-state index < -0.39 is 11.8 Å². The zero-order chi connectivity index (χ0) is 24.4. The highest BCUT2D eigenvalue weighted by molar-refractivity contribution is 6.53. The van der Waals surface area contributed by atoms with E-state index in [-0.39, 0.29) is 16.6 Å². The Bertz CT molecular complexity index is 1330. The van der Waals surface area contributed by atoms with Gasteiger partial charge in [0.15, 0.2) is 0 Å². The van der Waals surface area contributed by atoms with Crippen LogP contribution in [0.1, 0.15) is 21.5 Å². The minimum atomic E-state index is -0.636. The van der Waals surface area contributed by atoms with Crippen molar-refractivity contribution in [2.45, 2.75) is 13.8 Å². The predicted molar refractivity (Wildman–Crippen MR) is 132 cm³/mol. The molecule has 172 valence electrons. The summed E-state index contributed by atoms with van der Waals surface area (Å²) >= 11 is 6.21. The van der Waals surface area contributed by atoms with Crippen molar-refractivity contribution in [2.75, 3.05) is 22.6 Å². The van der Waals surface area contributed by atoms with Gasteiger partial charge in [-0.2, -0.15) is 0 Å². The van der Waals surface area contributed by atoms with Crippen LogP contribution >= 0.6 is 11.6 Å². The smallest absolute Gasteiger partial charge is 0.283 e. The second-order valence-electron chi connectivity index (χ2n) is 7.79. The van der Waals surface area contributed by atoms with Gasteiger partial charge in [0.25, 0.3) is 17.7 Å². The largest absolute Gasteiger partial charge is 0.497 e. The molecule has 0 bridgehead atoms. The van der Waals surface area contributed by atoms with Gasteiger partial charge >= 0.3 is 0 Å². The number of nitrogens with zero attached hydrogens (tertiary/aromatic N) is 1. The van der Waals surface area contributed by atoms with E-state index >= 15 is 0 Å². The fraction of sp³-hybridized carbons (Fsp3) is 0.115. The topological polar surface area (TPSA) is 87.7 Å². The molecule has 1 heterocycles. The van der Waals surface area contributed by atoms with Crippen LogP contribution in [0.2, 0.25) is 0 Å². The highest BCUT2D eigenvalue weighted by Crippen LogP contribution is 2.31. The van der Waals surface area contributed by atoms with E-state index in [4.69, 9.17) is 16.3 Å². The number of aryl methyl sites for hydroxylation is 2. The summed E-state index contributed by atoms with van der Waals surface area (Å²) in [5.74, 6) is -0.940. The number of rotatable bonds is 6. The van der Waals surface area contributed by atoms with Gasteiger partial charge in [-0.3, -0.25) is 14.4 Å². The summed E-state index contributed by atoms with van der Waals surface area (Å²) < 4.78 is 5.12. The van der Waals surface area contributed by atoms with Gasteiger partial charge in [-0.25, -0.2) is 4.90 Å². The van der Waals surface area contributed by atoms with Crippen molar-refractivity contribution < 1.29 is 19.1 Å². The Labute approximate surface area is 202 Å². The Morgan fingerprint density at radius 1 is 0.882 bits per heavy atom. The van der Waals surface area contributed by atoms with Crippen LogP contribution in [0.5, 0.6) is 5.75 Å². The highest BCUT2D eigenvalue weighted by atomic mass is 35.5. The Morgan fingerprint density at radius 2 is 1.62 bits per heavy atom. The second kappa shape index (κ2) is 9.41. The molecule has 1 aliphatic rings. The van der Waals surface area contributed by atoms with Gasteiger partial charge < -0.3 is 15.4 Å². The van der Waals surface area contributed by atoms with Gasteiger partial charge in [0.1, 0.15) is 16.5 Å². The number of hydrogen-bond acceptors (Lipinski definition) is 5. The van der Waals surface area contributed by atoms with E-state index in [1.54, 1.807) is 48.5 Å². The molecule has 0 saturated heterocycles. The maximum Gasteiger partial charge on any atom is 0.283 e. The van der Waals surface area contributed by atoms with Crippen LogP contribution in [0, 0.1) is 13.8 Å². The zero-order valence-corrected chi connectivity index (χ0v) is 19.6. The highest BCUT2D eigenvalue weighted by Gasteiger charge is 2.39. The maximum atomic E-state index is 13.0. The lowest BCUT2D eigenvalue weighted by Crippen LogP contribution is -2.32. The number of halogens is 1. The summed E-state index contributed by atoms with van der Waals surface area (Å²) in [5, 5.41) is 5.53. The molecule has 7 nitrogen and oxygen atoms in total. The summed E-state index contributed by atoms with van der Waals surface area (Å²) in [6.07, 6.45) is 0. The first-order chi connectivity index (χ1) is 16.3. The molecule has 0 fully saturated rings. The Kier molecular flexibility index (Phi) is 6.38. The average molecular weight is 476 g/mol. The summed E-state index contributed by atoms with van der Waals surface area (Å²) in [6, 6.07) is 18.8. The fourth-order valence-electron chi connectivity index (χ4n) is 3.48. The van der Waals surface area contributed by atoms with Crippen molar-refractivity contribution in [2.24, 2.45) is 0 Å². The van der Waals surface area contributed by atoms with Gasteiger partial charge in [0, 0.05) is 16.9 Å². The molecule has 0 saturated carbocycles. The number of carbonyl (C=O) groups excluding carboxylic acids is 3. The number of imide groups is 1. The minimum Gasteiger partial charge on any atom is -0.497 e. The van der Waals surface area contributed by atoms with E-state index in [9.17, 15) is 14.4 Å². The van der Waals surface area contributed by atoms with Crippen molar-refractivity contribution in [1.82, 2.24) is 0 Å². The zero-order valence-electron chi connectivity index (χ0n) is 18.8. The lowest BCUT2D eigenvalue weighted by Gasteiger charge is -2.15. The predicted octanol–water partition coefficient (Wildman–Crippen LogP) is 5.00. The number of anilines is 3. The van der Waals surface area contributed by atoms with Gasteiger partial charge in [-0.15, -0.1) is 0 Å². The van der Waals surface area contributed by atoms with E-state index in [1.807, 2.05) is 32.0 Å². The number of hydrogen-bond donors (Lipinski definition) is 2. The fourth-order valence-corrected chi connectivity index (χ4v) is 3.69. The number of ether oxygens (including phenoxy) is 1. The quantitative estimate of drug-likeness (QED) is 0.490. The van der Waals surface area contributed by atoms with Gasteiger partial charge in [0.2, 0.25) is 0 Å². The molecular weight excluding hydrogens is 454 g/mol. The van der Waals surface area contributed by atoms with Crippen molar-refractivity contribution in [3.63, 3.8) is 0 Å². The molecule has 2 N–H and O–H groups in total. The molecular formula is C26H22ClN3O4. The standard InChI is InChI=1S/C26H22ClN3O4/c1-15-7-8-19(13-16(15)2)29-24(31)17-5-4-6-18(14-17)28-23-22(27)25(32)30(26(23)33)20-9-11-21(34-3)12-10-20/h4-14,28H,1-3H3,(H,29,31). The van der Waals surface area contributed by atoms with Crippen LogP contribution in [-0.4, -0.2) is 24.8 Å². The summed E-state index contributed by atoms with van der Waals surface area (Å²) in [5.41, 5.74) is 4.02. The summed E-state index contributed by atoms with van der Waals surface area (Å²) in [7, 11) is 1.53. The first kappa shape index (κ1) is 23.1. The number of carbonyl (C=O) groups is 3. The van der Waals surface area contributed by atoms with Crippen LogP contribution in [0.3, 0.4) is 0 Å². The molecule has 0 unspecified atom stereocenters. The van der Waals surface area contributed by atoms with Crippen molar-refractivity contribution >= 4 is 46.4 Å². The van der Waals surface area contributed by atoms with Gasteiger partial charge in [0.05, 0.1) is 12.8 Å². The monoisotopic (exact) mass is 475 g/mol.